The lowest BCUT2D eigenvalue weighted by Crippen LogP contribution is -2.50. The number of aryl methyl sites for hydroxylation is 1. The Labute approximate surface area is 364 Å². The molecule has 2 saturated carbocycles. The van der Waals surface area contributed by atoms with Crippen LogP contribution in [0.5, 0.6) is 0 Å². The molecular formula is C44H52F2N10O6S. The number of sulfonamides is 1. The number of carbonyl (C=O) groups excluding carboxylic acids is 3. The van der Waals surface area contributed by atoms with Crippen LogP contribution < -0.4 is 20.4 Å². The summed E-state index contributed by atoms with van der Waals surface area (Å²) in [5.41, 5.74) is 2.41. The van der Waals surface area contributed by atoms with Crippen LogP contribution in [0, 0.1) is 5.82 Å². The fourth-order valence-electron chi connectivity index (χ4n) is 10.6. The minimum atomic E-state index is -4.18. The van der Waals surface area contributed by atoms with Crippen molar-refractivity contribution in [2.75, 3.05) is 47.8 Å². The minimum absolute atomic E-state index is 0.00697. The van der Waals surface area contributed by atoms with Crippen LogP contribution in [-0.2, 0) is 32.1 Å². The van der Waals surface area contributed by atoms with Crippen molar-refractivity contribution < 1.29 is 36.7 Å². The molecule has 3 saturated heterocycles. The molecule has 4 aliphatic heterocycles. The van der Waals surface area contributed by atoms with E-state index >= 15 is 8.78 Å². The van der Waals surface area contributed by atoms with Crippen molar-refractivity contribution in [1.29, 1.82) is 0 Å². The third-order valence-corrected chi connectivity index (χ3v) is 16.3. The fraction of sp³-hybridized carbons (Fsp3) is 0.545. The van der Waals surface area contributed by atoms with Gasteiger partial charge in [-0.3, -0.25) is 34.3 Å². The quantitative estimate of drug-likeness (QED) is 0.210. The number of anilines is 3. The monoisotopic (exact) mass is 886 g/mol. The number of imide groups is 1. The van der Waals surface area contributed by atoms with E-state index < -0.39 is 58.2 Å². The van der Waals surface area contributed by atoms with E-state index in [1.165, 1.54) is 23.1 Å². The van der Waals surface area contributed by atoms with Crippen LogP contribution in [0.25, 0.3) is 10.9 Å². The van der Waals surface area contributed by atoms with Gasteiger partial charge in [0, 0.05) is 67.9 Å². The maximum absolute atomic E-state index is 16.0. The molecule has 0 bridgehead atoms. The van der Waals surface area contributed by atoms with Gasteiger partial charge in [0.2, 0.25) is 27.8 Å². The molecule has 2 unspecified atom stereocenters. The van der Waals surface area contributed by atoms with E-state index in [0.29, 0.717) is 37.6 Å². The van der Waals surface area contributed by atoms with Crippen molar-refractivity contribution in [2.45, 2.75) is 118 Å². The number of nitrogens with one attached hydrogen (secondary N) is 2. The largest absolute Gasteiger partial charge is 0.393 e. The van der Waals surface area contributed by atoms with Crippen molar-refractivity contribution in [3.05, 3.63) is 65.1 Å². The molecule has 3 N–H and O–H groups in total. The molecule has 4 amide bonds. The number of fused-ring (bicyclic) bond motifs is 3. The second-order valence-electron chi connectivity index (χ2n) is 18.2. The topological polar surface area (TPSA) is 186 Å². The Morgan fingerprint density at radius 1 is 0.984 bits per heavy atom. The summed E-state index contributed by atoms with van der Waals surface area (Å²) < 4.78 is 62.4. The summed E-state index contributed by atoms with van der Waals surface area (Å²) in [5.74, 6) is 0.571. The molecule has 2 aromatic carbocycles. The standard InChI is InChI=1S/C44H52F2N10O6S/c1-25(53-16-10-26(11-17-53)27-6-8-31-37(20-27)52(2)51-39(31)55-19-13-38(58)49-43(55)60)32-22-30(7-9-34(32)45)63(61,62)54-18-12-36(35(46)24-54)48-42-47-23-33-40(50-42)56(41(59)44(33)14-15-44)28-4-3-5-29(57)21-28/h6-9,20,22-23,25-26,28-29,35-36,57H,3-5,10-19,21,24H2,1-2H3,(H,47,48,50)(H,49,58,60)/t25-,28-,29?,35-,36?/m1/s1. The molecule has 0 radical (unpaired) electrons. The number of halogens is 2. The lowest BCUT2D eigenvalue weighted by molar-refractivity contribution is -0.121. The Kier molecular flexibility index (Phi) is 10.5. The van der Waals surface area contributed by atoms with Crippen LogP contribution in [0.15, 0.2) is 47.5 Å². The predicted molar refractivity (Wildman–Crippen MR) is 229 cm³/mol. The van der Waals surface area contributed by atoms with Gasteiger partial charge in [-0.1, -0.05) is 6.07 Å². The summed E-state index contributed by atoms with van der Waals surface area (Å²) in [4.78, 5) is 52.4. The second-order valence-corrected chi connectivity index (χ2v) is 20.2. The van der Waals surface area contributed by atoms with Gasteiger partial charge in [0.1, 0.15) is 17.8 Å². The number of alkyl halides is 1. The number of amides is 4. The SMILES string of the molecule is C[C@H](c1cc(S(=O)(=O)N2CCC(Nc3ncc4c(n3)N([C@@H]3CCCC(O)C3)C(=O)C43CC3)[C@H](F)C2)ccc1F)N1CCC(c2ccc3c(N4CCC(=O)NC4=O)nn(C)c3c2)CC1. The summed E-state index contributed by atoms with van der Waals surface area (Å²) in [6.45, 7) is 3.04. The number of nitrogens with zero attached hydrogens (tertiary/aromatic N) is 8. The highest BCUT2D eigenvalue weighted by atomic mass is 32.2. The zero-order chi connectivity index (χ0) is 43.9. The number of rotatable bonds is 9. The molecule has 63 heavy (non-hydrogen) atoms. The summed E-state index contributed by atoms with van der Waals surface area (Å²) in [7, 11) is -2.36. The molecule has 6 heterocycles. The zero-order valence-corrected chi connectivity index (χ0v) is 36.2. The number of benzene rings is 2. The van der Waals surface area contributed by atoms with Gasteiger partial charge in [0.15, 0.2) is 5.82 Å². The maximum Gasteiger partial charge on any atom is 0.329 e. The van der Waals surface area contributed by atoms with Crippen molar-refractivity contribution >= 4 is 56.4 Å². The van der Waals surface area contributed by atoms with Gasteiger partial charge < -0.3 is 10.4 Å². The number of hydrogen-bond acceptors (Lipinski definition) is 11. The summed E-state index contributed by atoms with van der Waals surface area (Å²) in [5, 5.41) is 21.2. The van der Waals surface area contributed by atoms with Crippen LogP contribution in [-0.4, -0.2) is 117 Å². The average molecular weight is 887 g/mol. The normalized spacial score (nSPS) is 26.3. The number of aliphatic hydroxyl groups excluding tert-OH is 1. The summed E-state index contributed by atoms with van der Waals surface area (Å²) in [6.07, 6.45) is 5.67. The molecule has 19 heteroatoms. The van der Waals surface area contributed by atoms with E-state index in [9.17, 15) is 27.9 Å². The molecule has 4 aromatic rings. The number of carbonyl (C=O) groups is 3. The van der Waals surface area contributed by atoms with Crippen molar-refractivity contribution in [3.8, 4) is 0 Å². The molecule has 2 aromatic heterocycles. The first kappa shape index (κ1) is 41.9. The molecule has 1 spiro atoms. The van der Waals surface area contributed by atoms with Gasteiger partial charge in [-0.25, -0.2) is 27.0 Å². The zero-order valence-electron chi connectivity index (χ0n) is 35.3. The van der Waals surface area contributed by atoms with Gasteiger partial charge in [0.05, 0.1) is 28.0 Å². The van der Waals surface area contributed by atoms with Gasteiger partial charge in [0.25, 0.3) is 0 Å². The average Bonchev–Trinajstić information content (AvgIpc) is 3.96. The highest BCUT2D eigenvalue weighted by molar-refractivity contribution is 7.89. The third kappa shape index (κ3) is 7.33. The smallest absolute Gasteiger partial charge is 0.329 e. The number of aromatic nitrogens is 4. The molecular weight excluding hydrogens is 835 g/mol. The van der Waals surface area contributed by atoms with Crippen molar-refractivity contribution in [2.24, 2.45) is 7.05 Å². The number of likely N-dealkylation sites (tertiary alicyclic amines) is 1. The Bertz CT molecular complexity index is 2620. The first-order valence-electron chi connectivity index (χ1n) is 22.1. The van der Waals surface area contributed by atoms with Crippen LogP contribution >= 0.6 is 0 Å². The highest BCUT2D eigenvalue weighted by Crippen LogP contribution is 2.57. The molecule has 5 fully saturated rings. The molecule has 334 valence electrons. The first-order chi connectivity index (χ1) is 30.2. The molecule has 10 rings (SSSR count). The van der Waals surface area contributed by atoms with E-state index in [1.807, 2.05) is 26.1 Å². The highest BCUT2D eigenvalue weighted by Gasteiger charge is 2.61. The number of urea groups is 1. The van der Waals surface area contributed by atoms with Gasteiger partial charge in [-0.05, 0) is 120 Å². The molecule has 6 aliphatic rings. The van der Waals surface area contributed by atoms with Crippen molar-refractivity contribution in [1.82, 2.24) is 34.3 Å². The Morgan fingerprint density at radius 2 is 1.78 bits per heavy atom. The van der Waals surface area contributed by atoms with Crippen LogP contribution in [0.4, 0.5) is 31.2 Å². The van der Waals surface area contributed by atoms with Gasteiger partial charge in [-0.2, -0.15) is 14.4 Å². The van der Waals surface area contributed by atoms with E-state index in [-0.39, 0.29) is 66.1 Å². The van der Waals surface area contributed by atoms with Gasteiger partial charge >= 0.3 is 6.03 Å². The molecule has 2 aliphatic carbocycles. The van der Waals surface area contributed by atoms with Crippen LogP contribution in [0.3, 0.4) is 0 Å². The van der Waals surface area contributed by atoms with Crippen LogP contribution in [0.2, 0.25) is 0 Å². The van der Waals surface area contributed by atoms with E-state index in [0.717, 1.165) is 64.9 Å². The predicted octanol–water partition coefficient (Wildman–Crippen LogP) is 4.78. The molecule has 16 nitrogen and oxygen atoms in total. The van der Waals surface area contributed by atoms with E-state index in [4.69, 9.17) is 4.98 Å². The third-order valence-electron chi connectivity index (χ3n) is 14.5. The minimum Gasteiger partial charge on any atom is -0.393 e. The molecule has 5 atom stereocenters. The summed E-state index contributed by atoms with van der Waals surface area (Å²) >= 11 is 0. The number of hydrogen-bond donors (Lipinski definition) is 3. The Morgan fingerprint density at radius 3 is 2.51 bits per heavy atom. The lowest BCUT2D eigenvalue weighted by atomic mass is 9.88. The summed E-state index contributed by atoms with van der Waals surface area (Å²) in [6, 6.07) is 8.03. The Hall–Kier alpha value is -5.11. The maximum atomic E-state index is 16.0. The van der Waals surface area contributed by atoms with Crippen molar-refractivity contribution in [3.63, 3.8) is 0 Å². The van der Waals surface area contributed by atoms with E-state index in [1.54, 1.807) is 15.8 Å². The Balaban J connectivity index is 0.780. The number of aliphatic hydroxyl groups is 1. The second kappa shape index (κ2) is 15.8. The first-order valence-corrected chi connectivity index (χ1v) is 23.6. The lowest BCUT2D eigenvalue weighted by Gasteiger charge is -2.37. The fourth-order valence-corrected chi connectivity index (χ4v) is 12.1. The van der Waals surface area contributed by atoms with Crippen LogP contribution in [0.1, 0.15) is 99.8 Å². The van der Waals surface area contributed by atoms with E-state index in [2.05, 4.69) is 31.7 Å². The number of piperidine rings is 2. The van der Waals surface area contributed by atoms with Gasteiger partial charge in [-0.15, -0.1) is 0 Å².